The summed E-state index contributed by atoms with van der Waals surface area (Å²) in [5, 5.41) is 0. The molecule has 0 unspecified atom stereocenters. The van der Waals surface area contributed by atoms with Gasteiger partial charge in [-0.25, -0.2) is 0 Å². The molecule has 2 heterocycles. The SMILES string of the molecule is COc1ccc2c3c1O[C@H]1[C@@]4(OC)C=C[C@@]5(C[C@H]4C(C)=O)[C@H](C2)N(C)CC[C@]315. The van der Waals surface area contributed by atoms with Gasteiger partial charge in [0.1, 0.15) is 17.5 Å². The number of carbonyl (C=O) groups is 1. The van der Waals surface area contributed by atoms with Crippen molar-refractivity contribution in [3.05, 3.63) is 35.4 Å². The van der Waals surface area contributed by atoms with Gasteiger partial charge in [-0.3, -0.25) is 4.79 Å². The van der Waals surface area contributed by atoms with E-state index in [4.69, 9.17) is 14.2 Å². The molecule has 7 rings (SSSR count). The molecule has 5 nitrogen and oxygen atoms in total. The number of ketones is 1. The Morgan fingerprint density at radius 3 is 2.82 bits per heavy atom. The van der Waals surface area contributed by atoms with Crippen molar-refractivity contribution in [2.24, 2.45) is 11.3 Å². The largest absolute Gasteiger partial charge is 0.493 e. The monoisotopic (exact) mass is 381 g/mol. The van der Waals surface area contributed by atoms with Crippen molar-refractivity contribution in [1.29, 1.82) is 0 Å². The molecule has 1 aromatic carbocycles. The van der Waals surface area contributed by atoms with Gasteiger partial charge in [-0.15, -0.1) is 0 Å². The predicted molar refractivity (Wildman–Crippen MR) is 104 cm³/mol. The van der Waals surface area contributed by atoms with Gasteiger partial charge in [0.25, 0.3) is 0 Å². The van der Waals surface area contributed by atoms with Crippen LogP contribution >= 0.6 is 0 Å². The lowest BCUT2D eigenvalue weighted by atomic mass is 9.37. The Kier molecular flexibility index (Phi) is 3.05. The number of likely N-dealkylation sites (tertiary alicyclic amines) is 1. The summed E-state index contributed by atoms with van der Waals surface area (Å²) in [6.45, 7) is 2.74. The first-order valence-electron chi connectivity index (χ1n) is 10.3. The van der Waals surface area contributed by atoms with Gasteiger partial charge in [-0.2, -0.15) is 0 Å². The van der Waals surface area contributed by atoms with Crippen molar-refractivity contribution in [3.8, 4) is 11.5 Å². The Labute approximate surface area is 165 Å². The van der Waals surface area contributed by atoms with Gasteiger partial charge in [0.05, 0.1) is 18.4 Å². The molecule has 6 atom stereocenters. The van der Waals surface area contributed by atoms with E-state index in [9.17, 15) is 4.79 Å². The van der Waals surface area contributed by atoms with Gasteiger partial charge in [-0.05, 0) is 51.4 Å². The van der Waals surface area contributed by atoms with Crippen molar-refractivity contribution in [2.75, 3.05) is 27.8 Å². The zero-order valence-corrected chi connectivity index (χ0v) is 17.0. The summed E-state index contributed by atoms with van der Waals surface area (Å²) in [4.78, 5) is 15.3. The Morgan fingerprint density at radius 1 is 1.29 bits per heavy atom. The number of hydrogen-bond donors (Lipinski definition) is 0. The van der Waals surface area contributed by atoms with Gasteiger partial charge in [0, 0.05) is 24.1 Å². The van der Waals surface area contributed by atoms with Crippen molar-refractivity contribution in [1.82, 2.24) is 4.90 Å². The zero-order valence-electron chi connectivity index (χ0n) is 17.0. The molecule has 1 aromatic rings. The number of fused-ring (bicyclic) bond motifs is 1. The predicted octanol–water partition coefficient (Wildman–Crippen LogP) is 2.50. The summed E-state index contributed by atoms with van der Waals surface area (Å²) in [6.07, 6.45) is 7.19. The molecule has 0 N–H and O–H groups in total. The number of hydrogen-bond acceptors (Lipinski definition) is 5. The Morgan fingerprint density at radius 2 is 2.11 bits per heavy atom. The van der Waals surface area contributed by atoms with Crippen LogP contribution in [0.5, 0.6) is 11.5 Å². The molecule has 1 saturated carbocycles. The molecule has 28 heavy (non-hydrogen) atoms. The normalized spacial score (nSPS) is 44.2. The van der Waals surface area contributed by atoms with Crippen molar-refractivity contribution >= 4 is 5.78 Å². The van der Waals surface area contributed by atoms with E-state index < -0.39 is 5.60 Å². The Hall–Kier alpha value is -1.85. The van der Waals surface area contributed by atoms with Crippen LogP contribution in [-0.2, 0) is 21.4 Å². The van der Waals surface area contributed by atoms with Crippen LogP contribution in [0, 0.1) is 11.3 Å². The smallest absolute Gasteiger partial charge is 0.166 e. The first-order chi connectivity index (χ1) is 13.4. The third-order valence-corrected chi connectivity index (χ3v) is 8.77. The Bertz CT molecular complexity index is 941. The summed E-state index contributed by atoms with van der Waals surface area (Å²) >= 11 is 0. The first kappa shape index (κ1) is 17.0. The van der Waals surface area contributed by atoms with E-state index in [1.165, 1.54) is 11.1 Å². The second-order valence-electron chi connectivity index (χ2n) is 9.35. The number of methoxy groups -OCH3 is 2. The lowest BCUT2D eigenvalue weighted by molar-refractivity contribution is -0.212. The second-order valence-corrected chi connectivity index (χ2v) is 9.35. The molecule has 2 fully saturated rings. The number of nitrogens with zero attached hydrogens (tertiary/aromatic N) is 1. The first-order valence-corrected chi connectivity index (χ1v) is 10.3. The highest BCUT2D eigenvalue weighted by Crippen LogP contribution is 2.74. The lowest BCUT2D eigenvalue weighted by Gasteiger charge is -2.70. The quantitative estimate of drug-likeness (QED) is 0.753. The third-order valence-electron chi connectivity index (χ3n) is 8.77. The van der Waals surface area contributed by atoms with Crippen molar-refractivity contribution < 1.29 is 19.0 Å². The maximum absolute atomic E-state index is 12.8. The molecule has 2 spiro atoms. The third kappa shape index (κ3) is 1.49. The minimum absolute atomic E-state index is 0.105. The molecule has 6 aliphatic rings. The minimum atomic E-state index is -0.716. The standard InChI is InChI=1S/C23H27NO4/c1-13(25)15-12-21-7-8-23(15,27-4)20-22(21)9-10-24(2)17(21)11-14-5-6-16(26-3)19(28-20)18(14)22/h5-8,15,17,20H,9-12H2,1-4H3/t15-,17-,20+,21+,22-,23+/m0/s1. The highest BCUT2D eigenvalue weighted by molar-refractivity contribution is 5.82. The number of piperidine rings is 1. The van der Waals surface area contributed by atoms with E-state index in [1.54, 1.807) is 21.1 Å². The van der Waals surface area contributed by atoms with Gasteiger partial charge >= 0.3 is 0 Å². The van der Waals surface area contributed by atoms with Crippen LogP contribution in [-0.4, -0.2) is 56.2 Å². The molecule has 2 aliphatic heterocycles. The molecule has 0 aromatic heterocycles. The molecular weight excluding hydrogens is 354 g/mol. The van der Waals surface area contributed by atoms with Crippen molar-refractivity contribution in [2.45, 2.75) is 49.3 Å². The summed E-state index contributed by atoms with van der Waals surface area (Å²) in [5.41, 5.74) is 1.72. The molecule has 4 bridgehead atoms. The van der Waals surface area contributed by atoms with E-state index in [-0.39, 0.29) is 28.6 Å². The van der Waals surface area contributed by atoms with E-state index in [0.29, 0.717) is 6.04 Å². The van der Waals surface area contributed by atoms with Crippen LogP contribution < -0.4 is 9.47 Å². The van der Waals surface area contributed by atoms with Crippen LogP contribution in [0.4, 0.5) is 0 Å². The fourth-order valence-corrected chi connectivity index (χ4v) is 7.67. The number of Topliss-reactive ketones (excluding diaryl/α,β-unsaturated/α-hetero) is 1. The maximum Gasteiger partial charge on any atom is 0.166 e. The number of ether oxygens (including phenoxy) is 3. The summed E-state index contributed by atoms with van der Waals surface area (Å²) in [6, 6.07) is 4.62. The fourth-order valence-electron chi connectivity index (χ4n) is 7.67. The maximum atomic E-state index is 12.8. The molecule has 1 saturated heterocycles. The van der Waals surface area contributed by atoms with E-state index in [2.05, 4.69) is 30.2 Å². The molecule has 148 valence electrons. The van der Waals surface area contributed by atoms with Crippen LogP contribution in [0.3, 0.4) is 0 Å². The number of benzene rings is 1. The zero-order chi connectivity index (χ0) is 19.5. The average molecular weight is 381 g/mol. The fraction of sp³-hybridized carbons (Fsp3) is 0.609. The van der Waals surface area contributed by atoms with Crippen molar-refractivity contribution in [3.63, 3.8) is 0 Å². The number of carbonyl (C=O) groups excluding carboxylic acids is 1. The van der Waals surface area contributed by atoms with Gasteiger partial charge in [0.15, 0.2) is 11.5 Å². The molecule has 4 aliphatic carbocycles. The lowest BCUT2D eigenvalue weighted by Crippen LogP contribution is -2.79. The van der Waals surface area contributed by atoms with E-state index in [1.807, 2.05) is 6.07 Å². The number of likely N-dealkylation sites (N-methyl/N-ethyl adjacent to an activating group) is 1. The summed E-state index contributed by atoms with van der Waals surface area (Å²) in [7, 11) is 5.67. The van der Waals surface area contributed by atoms with Crippen LogP contribution in [0.25, 0.3) is 0 Å². The van der Waals surface area contributed by atoms with Crippen LogP contribution in [0.15, 0.2) is 24.3 Å². The topological polar surface area (TPSA) is 48.0 Å². The highest BCUT2D eigenvalue weighted by atomic mass is 16.6. The highest BCUT2D eigenvalue weighted by Gasteiger charge is 2.79. The molecular formula is C23H27NO4. The van der Waals surface area contributed by atoms with Gasteiger partial charge in [-0.1, -0.05) is 18.2 Å². The molecule has 5 heteroatoms. The molecule has 0 amide bonds. The van der Waals surface area contributed by atoms with Crippen LogP contribution in [0.2, 0.25) is 0 Å². The van der Waals surface area contributed by atoms with Gasteiger partial charge < -0.3 is 19.1 Å². The number of rotatable bonds is 3. The molecule has 0 radical (unpaired) electrons. The second kappa shape index (κ2) is 5.00. The Balaban J connectivity index is 1.72. The van der Waals surface area contributed by atoms with Gasteiger partial charge in [0.2, 0.25) is 0 Å². The summed E-state index contributed by atoms with van der Waals surface area (Å²) < 4.78 is 18.7. The van der Waals surface area contributed by atoms with Crippen LogP contribution in [0.1, 0.15) is 30.9 Å². The minimum Gasteiger partial charge on any atom is -0.493 e. The average Bonchev–Trinajstić information content (AvgIpc) is 3.07. The summed E-state index contributed by atoms with van der Waals surface area (Å²) in [5.74, 6) is 1.68. The van der Waals surface area contributed by atoms with E-state index in [0.717, 1.165) is 37.3 Å². The van der Waals surface area contributed by atoms with E-state index >= 15 is 0 Å².